The number of rotatable bonds is 5. The summed E-state index contributed by atoms with van der Waals surface area (Å²) in [4.78, 5) is 27.0. The molecule has 1 rings (SSSR count). The van der Waals surface area contributed by atoms with Gasteiger partial charge in [-0.25, -0.2) is 0 Å². The van der Waals surface area contributed by atoms with E-state index in [1.165, 1.54) is 5.56 Å². The van der Waals surface area contributed by atoms with Crippen LogP contribution in [0, 0.1) is 0 Å². The third-order valence-corrected chi connectivity index (χ3v) is 7.48. The molecule has 0 aliphatic carbocycles. The van der Waals surface area contributed by atoms with E-state index in [-0.39, 0.29) is 5.92 Å². The lowest BCUT2D eigenvalue weighted by Gasteiger charge is -2.28. The molecule has 0 spiro atoms. The van der Waals surface area contributed by atoms with Crippen molar-refractivity contribution in [3.05, 3.63) is 35.9 Å². The van der Waals surface area contributed by atoms with Gasteiger partial charge in [-0.1, -0.05) is 37.3 Å². The van der Waals surface area contributed by atoms with Gasteiger partial charge in [-0.3, -0.25) is 0 Å². The first-order valence-electron chi connectivity index (χ1n) is 5.62. The van der Waals surface area contributed by atoms with Crippen LogP contribution in [0.25, 0.3) is 0 Å². The first-order valence-corrected chi connectivity index (χ1v) is 10.5. The van der Waals surface area contributed by atoms with Crippen molar-refractivity contribution in [3.8, 4) is 0 Å². The lowest BCUT2D eigenvalue weighted by atomic mass is 10.0. The van der Waals surface area contributed by atoms with Gasteiger partial charge in [0.1, 0.15) is 0 Å². The molecule has 0 radical (unpaired) electrons. The van der Waals surface area contributed by atoms with Crippen molar-refractivity contribution in [1.29, 1.82) is 0 Å². The van der Waals surface area contributed by atoms with E-state index in [4.69, 9.17) is 18.5 Å². The van der Waals surface area contributed by atoms with Crippen molar-refractivity contribution < 1.29 is 18.5 Å². The molecule has 3 N–H and O–H groups in total. The summed E-state index contributed by atoms with van der Waals surface area (Å²) in [5.41, 5.74) is 1.19. The summed E-state index contributed by atoms with van der Waals surface area (Å²) >= 11 is 0. The maximum atomic E-state index is 9.00. The molecule has 0 aliphatic heterocycles. The Bertz CT molecular complexity index is 348. The Kier molecular flexibility index (Phi) is 4.64. The third kappa shape index (κ3) is 5.58. The molecule has 6 heteroatoms. The highest BCUT2D eigenvalue weighted by Gasteiger charge is 2.40. The zero-order valence-corrected chi connectivity index (χ0v) is 12.4. The maximum absolute atomic E-state index is 9.00. The van der Waals surface area contributed by atoms with E-state index in [2.05, 4.69) is 6.92 Å². The molecule has 1 unspecified atom stereocenters. The van der Waals surface area contributed by atoms with Crippen LogP contribution in [0.5, 0.6) is 0 Å². The third-order valence-electron chi connectivity index (χ3n) is 2.58. The number of hydrogen-bond donors (Lipinski definition) is 3. The second kappa shape index (κ2) is 5.43. The Labute approximate surface area is 104 Å². The van der Waals surface area contributed by atoms with Crippen LogP contribution in [0.2, 0.25) is 19.1 Å². The van der Waals surface area contributed by atoms with E-state index in [0.717, 1.165) is 6.04 Å². The van der Waals surface area contributed by atoms with E-state index >= 15 is 0 Å². The normalized spacial score (nSPS) is 14.7. The van der Waals surface area contributed by atoms with Crippen molar-refractivity contribution in [1.82, 2.24) is 0 Å². The van der Waals surface area contributed by atoms with Crippen LogP contribution < -0.4 is 0 Å². The molecule has 0 aliphatic rings. The van der Waals surface area contributed by atoms with E-state index in [0.29, 0.717) is 0 Å². The molecule has 0 aromatic heterocycles. The Morgan fingerprint density at radius 1 is 1.12 bits per heavy atom. The van der Waals surface area contributed by atoms with Crippen LogP contribution in [0.3, 0.4) is 0 Å². The average molecular weight is 272 g/mol. The molecule has 96 valence electrons. The highest BCUT2D eigenvalue weighted by molar-refractivity contribution is 6.78. The molecular weight excluding hydrogens is 252 g/mol. The Balaban J connectivity index is 2.65. The van der Waals surface area contributed by atoms with Gasteiger partial charge in [-0.2, -0.15) is 0 Å². The molecule has 0 bridgehead atoms. The summed E-state index contributed by atoms with van der Waals surface area (Å²) in [7, 11) is -6.67. The van der Waals surface area contributed by atoms with Gasteiger partial charge in [-0.05, 0) is 30.6 Å². The van der Waals surface area contributed by atoms with Gasteiger partial charge in [0.25, 0.3) is 0 Å². The molecule has 4 nitrogen and oxygen atoms in total. The minimum absolute atomic E-state index is 0.272. The zero-order chi connectivity index (χ0) is 13.1. The molecule has 0 heterocycles. The van der Waals surface area contributed by atoms with Crippen LogP contribution >= 0.6 is 0 Å². The summed E-state index contributed by atoms with van der Waals surface area (Å²) in [6.45, 7) is 5.82. The quantitative estimate of drug-likeness (QED) is 0.709. The molecule has 0 saturated carbocycles. The predicted octanol–water partition coefficient (Wildman–Crippen LogP) is 1.42. The van der Waals surface area contributed by atoms with Crippen LogP contribution in [0.15, 0.2) is 30.3 Å². The first kappa shape index (κ1) is 14.6. The average Bonchev–Trinajstić information content (AvgIpc) is 2.14. The number of hydrogen-bond acceptors (Lipinski definition) is 4. The summed E-state index contributed by atoms with van der Waals surface area (Å²) in [5, 5.41) is 0. The first-order chi connectivity index (χ1) is 7.70. The highest BCUT2D eigenvalue weighted by Crippen LogP contribution is 2.27. The molecule has 0 saturated heterocycles. The molecule has 1 aromatic carbocycles. The van der Waals surface area contributed by atoms with Gasteiger partial charge < -0.3 is 18.5 Å². The van der Waals surface area contributed by atoms with Gasteiger partial charge in [0.05, 0.1) is 0 Å². The lowest BCUT2D eigenvalue weighted by molar-refractivity contribution is 0.124. The lowest BCUT2D eigenvalue weighted by Crippen LogP contribution is -2.49. The van der Waals surface area contributed by atoms with Gasteiger partial charge >= 0.3 is 9.05 Å². The minimum Gasteiger partial charge on any atom is -0.394 e. The Hall–Kier alpha value is -0.506. The molecule has 0 fully saturated rings. The van der Waals surface area contributed by atoms with Crippen LogP contribution in [-0.4, -0.2) is 31.8 Å². The second-order valence-corrected chi connectivity index (χ2v) is 10.8. The second-order valence-electron chi connectivity index (χ2n) is 4.95. The summed E-state index contributed by atoms with van der Waals surface area (Å²) in [6, 6.07) is 10.7. The van der Waals surface area contributed by atoms with Crippen LogP contribution in [0.1, 0.15) is 18.4 Å². The van der Waals surface area contributed by atoms with E-state index < -0.39 is 17.4 Å². The fourth-order valence-corrected chi connectivity index (χ4v) is 7.06. The fraction of sp³-hybridized carbons (Fsp3) is 0.455. The minimum atomic E-state index is -4.40. The van der Waals surface area contributed by atoms with E-state index in [1.54, 1.807) is 0 Å². The van der Waals surface area contributed by atoms with Gasteiger partial charge in [0.15, 0.2) is 8.32 Å². The molecule has 1 aromatic rings. The van der Waals surface area contributed by atoms with Crippen molar-refractivity contribution >= 4 is 17.4 Å². The molecule has 17 heavy (non-hydrogen) atoms. The largest absolute Gasteiger partial charge is 0.660 e. The van der Waals surface area contributed by atoms with Crippen molar-refractivity contribution in [2.45, 2.75) is 32.0 Å². The van der Waals surface area contributed by atoms with Crippen LogP contribution in [0.4, 0.5) is 0 Å². The topological polar surface area (TPSA) is 69.9 Å². The van der Waals surface area contributed by atoms with Crippen molar-refractivity contribution in [2.75, 3.05) is 0 Å². The van der Waals surface area contributed by atoms with Crippen molar-refractivity contribution in [3.63, 3.8) is 0 Å². The molecule has 1 atom stereocenters. The monoisotopic (exact) mass is 272 g/mol. The Morgan fingerprint density at radius 2 is 1.65 bits per heavy atom. The highest BCUT2D eigenvalue weighted by atomic mass is 28.5. The SMILES string of the molecule is CC(C[Si](C)(C)O[Si](O)(O)O)c1ccccc1. The standard InChI is InChI=1S/C11H20O4Si2/c1-10(11-7-5-4-6-8-11)9-16(2,3)15-17(12,13)14/h4-8,10,12-14H,9H2,1-3H3. The predicted molar refractivity (Wildman–Crippen MR) is 70.6 cm³/mol. The van der Waals surface area contributed by atoms with E-state index in [9.17, 15) is 0 Å². The van der Waals surface area contributed by atoms with Crippen LogP contribution in [-0.2, 0) is 4.12 Å². The van der Waals surface area contributed by atoms with Gasteiger partial charge in [0.2, 0.25) is 0 Å². The van der Waals surface area contributed by atoms with E-state index in [1.807, 2.05) is 43.4 Å². The van der Waals surface area contributed by atoms with Gasteiger partial charge in [0, 0.05) is 0 Å². The maximum Gasteiger partial charge on any atom is 0.660 e. The fourth-order valence-electron chi connectivity index (χ4n) is 2.05. The zero-order valence-electron chi connectivity index (χ0n) is 10.4. The van der Waals surface area contributed by atoms with Crippen molar-refractivity contribution in [2.24, 2.45) is 0 Å². The number of benzene rings is 1. The summed E-state index contributed by atoms with van der Waals surface area (Å²) in [6.07, 6.45) is 0. The molecule has 0 amide bonds. The summed E-state index contributed by atoms with van der Waals surface area (Å²) < 4.78 is 5.06. The smallest absolute Gasteiger partial charge is 0.394 e. The Morgan fingerprint density at radius 3 is 2.12 bits per heavy atom. The molecular formula is C11H20O4Si2. The van der Waals surface area contributed by atoms with Gasteiger partial charge in [-0.15, -0.1) is 0 Å². The summed E-state index contributed by atoms with van der Waals surface area (Å²) in [5.74, 6) is 0.272.